The van der Waals surface area contributed by atoms with Crippen molar-refractivity contribution in [1.82, 2.24) is 10.2 Å². The SMILES string of the molecule is CNc1ccc(C(=O)N2CC(=O)NC(=O)C2)cc1. The largest absolute Gasteiger partial charge is 0.388 e. The van der Waals surface area contributed by atoms with Crippen LogP contribution in [0.4, 0.5) is 5.69 Å². The highest BCUT2D eigenvalue weighted by atomic mass is 16.2. The number of imide groups is 1. The summed E-state index contributed by atoms with van der Waals surface area (Å²) in [6.07, 6.45) is 0. The Morgan fingerprint density at radius 2 is 1.72 bits per heavy atom. The molecule has 0 radical (unpaired) electrons. The normalized spacial score (nSPS) is 15.3. The fraction of sp³-hybridized carbons (Fsp3) is 0.250. The van der Waals surface area contributed by atoms with Crippen LogP contribution < -0.4 is 10.6 Å². The molecule has 2 rings (SSSR count). The fourth-order valence-electron chi connectivity index (χ4n) is 1.74. The first-order valence-corrected chi connectivity index (χ1v) is 5.50. The summed E-state index contributed by atoms with van der Waals surface area (Å²) < 4.78 is 0. The van der Waals surface area contributed by atoms with E-state index in [0.29, 0.717) is 5.56 Å². The van der Waals surface area contributed by atoms with Gasteiger partial charge < -0.3 is 10.2 Å². The van der Waals surface area contributed by atoms with Crippen LogP contribution in [0, 0.1) is 0 Å². The molecule has 1 heterocycles. The van der Waals surface area contributed by atoms with Gasteiger partial charge in [-0.2, -0.15) is 0 Å². The van der Waals surface area contributed by atoms with Crippen LogP contribution in [0.2, 0.25) is 0 Å². The number of benzene rings is 1. The van der Waals surface area contributed by atoms with Gasteiger partial charge >= 0.3 is 0 Å². The van der Waals surface area contributed by atoms with Crippen molar-refractivity contribution >= 4 is 23.4 Å². The summed E-state index contributed by atoms with van der Waals surface area (Å²) in [5.41, 5.74) is 1.34. The van der Waals surface area contributed by atoms with Crippen LogP contribution in [0.3, 0.4) is 0 Å². The number of nitrogens with one attached hydrogen (secondary N) is 2. The molecule has 0 spiro atoms. The number of carbonyl (C=O) groups is 3. The summed E-state index contributed by atoms with van der Waals surface area (Å²) in [6, 6.07) is 6.84. The van der Waals surface area contributed by atoms with Crippen molar-refractivity contribution in [2.75, 3.05) is 25.5 Å². The van der Waals surface area contributed by atoms with E-state index >= 15 is 0 Å². The minimum absolute atomic E-state index is 0.0850. The first-order chi connectivity index (χ1) is 8.60. The number of rotatable bonds is 2. The van der Waals surface area contributed by atoms with Gasteiger partial charge in [0.05, 0.1) is 0 Å². The summed E-state index contributed by atoms with van der Waals surface area (Å²) >= 11 is 0. The third-order valence-electron chi connectivity index (χ3n) is 2.66. The maximum absolute atomic E-state index is 12.1. The molecule has 1 aliphatic rings. The lowest BCUT2D eigenvalue weighted by atomic mass is 10.1. The van der Waals surface area contributed by atoms with Gasteiger partial charge in [-0.25, -0.2) is 0 Å². The first kappa shape index (κ1) is 12.1. The summed E-state index contributed by atoms with van der Waals surface area (Å²) in [7, 11) is 1.78. The summed E-state index contributed by atoms with van der Waals surface area (Å²) in [5.74, 6) is -1.22. The molecule has 1 saturated heterocycles. The van der Waals surface area contributed by atoms with Crippen molar-refractivity contribution < 1.29 is 14.4 Å². The van der Waals surface area contributed by atoms with E-state index in [1.54, 1.807) is 31.3 Å². The molecule has 0 unspecified atom stereocenters. The first-order valence-electron chi connectivity index (χ1n) is 5.50. The van der Waals surface area contributed by atoms with E-state index < -0.39 is 11.8 Å². The lowest BCUT2D eigenvalue weighted by molar-refractivity contribution is -0.135. The zero-order valence-corrected chi connectivity index (χ0v) is 9.90. The highest BCUT2D eigenvalue weighted by Crippen LogP contribution is 2.11. The molecule has 3 amide bonds. The van der Waals surface area contributed by atoms with E-state index in [1.165, 1.54) is 4.90 Å². The van der Waals surface area contributed by atoms with Gasteiger partial charge in [-0.15, -0.1) is 0 Å². The number of carbonyl (C=O) groups excluding carboxylic acids is 3. The maximum Gasteiger partial charge on any atom is 0.254 e. The van der Waals surface area contributed by atoms with E-state index in [9.17, 15) is 14.4 Å². The molecule has 1 aliphatic heterocycles. The van der Waals surface area contributed by atoms with Crippen LogP contribution in [0.1, 0.15) is 10.4 Å². The molecule has 0 aromatic heterocycles. The van der Waals surface area contributed by atoms with Gasteiger partial charge in [-0.1, -0.05) is 0 Å². The average Bonchev–Trinajstić information content (AvgIpc) is 2.37. The Labute approximate surface area is 104 Å². The predicted molar refractivity (Wildman–Crippen MR) is 65.0 cm³/mol. The topological polar surface area (TPSA) is 78.5 Å². The Balaban J connectivity index is 2.14. The van der Waals surface area contributed by atoms with Crippen LogP contribution in [0.25, 0.3) is 0 Å². The average molecular weight is 247 g/mol. The Bertz CT molecular complexity index is 480. The third-order valence-corrected chi connectivity index (χ3v) is 2.66. The van der Waals surface area contributed by atoms with E-state index in [2.05, 4.69) is 10.6 Å². The van der Waals surface area contributed by atoms with Gasteiger partial charge in [-0.05, 0) is 24.3 Å². The molecule has 0 aliphatic carbocycles. The second-order valence-corrected chi connectivity index (χ2v) is 3.96. The molecule has 2 N–H and O–H groups in total. The monoisotopic (exact) mass is 247 g/mol. The highest BCUT2D eigenvalue weighted by Gasteiger charge is 2.26. The van der Waals surface area contributed by atoms with Crippen molar-refractivity contribution in [2.24, 2.45) is 0 Å². The zero-order valence-electron chi connectivity index (χ0n) is 9.90. The fourth-order valence-corrected chi connectivity index (χ4v) is 1.74. The van der Waals surface area contributed by atoms with Crippen LogP contribution in [0.15, 0.2) is 24.3 Å². The standard InChI is InChI=1S/C12H13N3O3/c1-13-9-4-2-8(3-5-9)12(18)15-6-10(16)14-11(17)7-15/h2-5,13H,6-7H2,1H3,(H,14,16,17). The smallest absolute Gasteiger partial charge is 0.254 e. The molecular weight excluding hydrogens is 234 g/mol. The van der Waals surface area contributed by atoms with Gasteiger partial charge in [0.2, 0.25) is 11.8 Å². The molecule has 1 aromatic rings. The van der Waals surface area contributed by atoms with Crippen molar-refractivity contribution in [1.29, 1.82) is 0 Å². The van der Waals surface area contributed by atoms with Gasteiger partial charge in [0.25, 0.3) is 5.91 Å². The quantitative estimate of drug-likeness (QED) is 0.711. The van der Waals surface area contributed by atoms with E-state index in [0.717, 1.165) is 5.69 Å². The van der Waals surface area contributed by atoms with E-state index in [4.69, 9.17) is 0 Å². The second kappa shape index (κ2) is 4.87. The van der Waals surface area contributed by atoms with Crippen LogP contribution in [-0.4, -0.2) is 42.8 Å². The van der Waals surface area contributed by atoms with E-state index in [1.807, 2.05) is 0 Å². The minimum Gasteiger partial charge on any atom is -0.388 e. The predicted octanol–water partition coefficient (Wildman–Crippen LogP) is -0.173. The Hall–Kier alpha value is -2.37. The summed E-state index contributed by atoms with van der Waals surface area (Å²) in [4.78, 5) is 35.7. The third kappa shape index (κ3) is 2.48. The van der Waals surface area contributed by atoms with Crippen molar-refractivity contribution in [2.45, 2.75) is 0 Å². The van der Waals surface area contributed by atoms with Crippen LogP contribution in [-0.2, 0) is 9.59 Å². The second-order valence-electron chi connectivity index (χ2n) is 3.96. The van der Waals surface area contributed by atoms with Gasteiger partial charge in [0.1, 0.15) is 13.1 Å². The number of nitrogens with zero attached hydrogens (tertiary/aromatic N) is 1. The Kier molecular flexibility index (Phi) is 3.27. The van der Waals surface area contributed by atoms with Crippen molar-refractivity contribution in [3.8, 4) is 0 Å². The lowest BCUT2D eigenvalue weighted by Gasteiger charge is -2.25. The number of piperazine rings is 1. The molecule has 1 fully saturated rings. The number of amides is 3. The van der Waals surface area contributed by atoms with Crippen LogP contribution in [0.5, 0.6) is 0 Å². The van der Waals surface area contributed by atoms with Crippen molar-refractivity contribution in [3.05, 3.63) is 29.8 Å². The van der Waals surface area contributed by atoms with Gasteiger partial charge in [0.15, 0.2) is 0 Å². The number of hydrogen-bond acceptors (Lipinski definition) is 4. The number of anilines is 1. The Morgan fingerprint density at radius 3 is 2.22 bits per heavy atom. The molecule has 0 saturated carbocycles. The van der Waals surface area contributed by atoms with Crippen molar-refractivity contribution in [3.63, 3.8) is 0 Å². The molecule has 94 valence electrons. The zero-order chi connectivity index (χ0) is 13.1. The van der Waals surface area contributed by atoms with Gasteiger partial charge in [0, 0.05) is 18.3 Å². The highest BCUT2D eigenvalue weighted by molar-refractivity contribution is 6.05. The van der Waals surface area contributed by atoms with Crippen LogP contribution >= 0.6 is 0 Å². The number of hydrogen-bond donors (Lipinski definition) is 2. The molecule has 0 bridgehead atoms. The van der Waals surface area contributed by atoms with E-state index in [-0.39, 0.29) is 19.0 Å². The molecule has 6 nitrogen and oxygen atoms in total. The Morgan fingerprint density at radius 1 is 1.17 bits per heavy atom. The molecular formula is C12H13N3O3. The molecule has 18 heavy (non-hydrogen) atoms. The summed E-state index contributed by atoms with van der Waals surface area (Å²) in [5, 5.41) is 5.10. The molecule has 1 aromatic carbocycles. The minimum atomic E-state index is -0.452. The lowest BCUT2D eigenvalue weighted by Crippen LogP contribution is -2.53. The molecule has 0 atom stereocenters. The molecule has 6 heteroatoms. The van der Waals surface area contributed by atoms with Gasteiger partial charge in [-0.3, -0.25) is 19.7 Å². The summed E-state index contributed by atoms with van der Waals surface area (Å²) in [6.45, 7) is -0.170. The maximum atomic E-state index is 12.1.